The molecule has 0 N–H and O–H groups in total. The minimum atomic E-state index is -1.07. The summed E-state index contributed by atoms with van der Waals surface area (Å²) in [6.45, 7) is 3.35. The third-order valence-electron chi connectivity index (χ3n) is 1.71. The minimum absolute atomic E-state index is 0. The molecule has 0 radical (unpaired) electrons. The van der Waals surface area contributed by atoms with Crippen molar-refractivity contribution < 1.29 is 29.3 Å². The van der Waals surface area contributed by atoms with Gasteiger partial charge < -0.3 is 29.3 Å². The van der Waals surface area contributed by atoms with Crippen molar-refractivity contribution in [2.24, 2.45) is 0 Å². The Kier molecular flexibility index (Phi) is 17.6. The van der Waals surface area contributed by atoms with Crippen LogP contribution in [0.25, 0.3) is 0 Å². The van der Waals surface area contributed by atoms with Crippen molar-refractivity contribution in [2.45, 2.75) is 38.9 Å². The van der Waals surface area contributed by atoms with Crippen molar-refractivity contribution in [3.63, 3.8) is 0 Å². The van der Waals surface area contributed by atoms with E-state index < -0.39 is 11.9 Å². The first-order chi connectivity index (χ1) is 7.33. The Labute approximate surface area is 117 Å². The number of rotatable bonds is 6. The van der Waals surface area contributed by atoms with E-state index in [1.54, 1.807) is 13.8 Å². The molecule has 0 saturated heterocycles. The normalized spacial score (nSPS) is 12.5. The fourth-order valence-electron chi connectivity index (χ4n) is 0.636. The SMILES string of the molecule is COC(C)CC(=O)[O-].COC(C)CC(=O)[O-].[Mg+2]. The van der Waals surface area contributed by atoms with E-state index in [2.05, 4.69) is 9.47 Å². The molecule has 0 fully saturated rings. The molecule has 0 aromatic rings. The zero-order chi connectivity index (χ0) is 13.1. The number of carboxylic acid groups (broad SMARTS) is 2. The molecule has 0 rings (SSSR count). The predicted molar refractivity (Wildman–Crippen MR) is 57.9 cm³/mol. The molecule has 7 heteroatoms. The maximum atomic E-state index is 9.78. The van der Waals surface area contributed by atoms with Crippen molar-refractivity contribution >= 4 is 35.0 Å². The van der Waals surface area contributed by atoms with Gasteiger partial charge in [0.25, 0.3) is 0 Å². The van der Waals surface area contributed by atoms with Crippen LogP contribution in [0.5, 0.6) is 0 Å². The smallest absolute Gasteiger partial charge is 0.550 e. The van der Waals surface area contributed by atoms with Crippen molar-refractivity contribution in [2.75, 3.05) is 14.2 Å². The van der Waals surface area contributed by atoms with Gasteiger partial charge in [-0.25, -0.2) is 0 Å². The zero-order valence-corrected chi connectivity index (χ0v) is 12.1. The minimum Gasteiger partial charge on any atom is -0.550 e. The molecule has 2 unspecified atom stereocenters. The fraction of sp³-hybridized carbons (Fsp3) is 0.800. The molecule has 0 aromatic heterocycles. The van der Waals surface area contributed by atoms with E-state index in [0.29, 0.717) is 0 Å². The summed E-state index contributed by atoms with van der Waals surface area (Å²) in [7, 11) is 2.93. The van der Waals surface area contributed by atoms with Crippen LogP contribution in [0.3, 0.4) is 0 Å². The van der Waals surface area contributed by atoms with Crippen LogP contribution in [0.15, 0.2) is 0 Å². The number of aliphatic carboxylic acids is 2. The molecule has 0 bridgehead atoms. The summed E-state index contributed by atoms with van der Waals surface area (Å²) in [6.07, 6.45) is -0.535. The largest absolute Gasteiger partial charge is 2.00 e. The standard InChI is InChI=1S/2C5H10O3.Mg/c2*1-4(8-2)3-5(6)7;/h2*4H,3H2,1-2H3,(H,6,7);/q;;+2/p-2. The van der Waals surface area contributed by atoms with E-state index in [9.17, 15) is 19.8 Å². The monoisotopic (exact) mass is 258 g/mol. The van der Waals surface area contributed by atoms with Gasteiger partial charge in [-0.2, -0.15) is 0 Å². The summed E-state index contributed by atoms with van der Waals surface area (Å²) in [5, 5.41) is 19.6. The van der Waals surface area contributed by atoms with Gasteiger partial charge in [0, 0.05) is 39.0 Å². The average molecular weight is 259 g/mol. The van der Waals surface area contributed by atoms with Gasteiger partial charge >= 0.3 is 23.1 Å². The van der Waals surface area contributed by atoms with Crippen LogP contribution in [-0.2, 0) is 19.1 Å². The van der Waals surface area contributed by atoms with Crippen LogP contribution < -0.4 is 10.2 Å². The topological polar surface area (TPSA) is 98.7 Å². The van der Waals surface area contributed by atoms with Crippen molar-refractivity contribution in [3.05, 3.63) is 0 Å². The molecule has 2 atom stereocenters. The first-order valence-electron chi connectivity index (χ1n) is 4.78. The van der Waals surface area contributed by atoms with E-state index in [1.807, 2.05) is 0 Å². The predicted octanol–water partition coefficient (Wildman–Crippen LogP) is -2.06. The molecule has 6 nitrogen and oxygen atoms in total. The Morgan fingerprint density at radius 2 is 1.18 bits per heavy atom. The molecule has 0 aliphatic carbocycles. The summed E-state index contributed by atoms with van der Waals surface area (Å²) in [5.74, 6) is -2.14. The number of ether oxygens (including phenoxy) is 2. The Bertz CT molecular complexity index is 187. The molecule has 96 valence electrons. The number of hydrogen-bond acceptors (Lipinski definition) is 6. The van der Waals surface area contributed by atoms with Crippen LogP contribution in [0.2, 0.25) is 0 Å². The average Bonchev–Trinajstić information content (AvgIpc) is 2.16. The quantitative estimate of drug-likeness (QED) is 0.508. The molecule has 0 heterocycles. The molecular weight excluding hydrogens is 240 g/mol. The molecule has 0 aliphatic rings. The van der Waals surface area contributed by atoms with Gasteiger partial charge in [0.15, 0.2) is 0 Å². The number of carboxylic acids is 2. The van der Waals surface area contributed by atoms with Gasteiger partial charge in [0.2, 0.25) is 0 Å². The van der Waals surface area contributed by atoms with Crippen LogP contribution in [0.1, 0.15) is 26.7 Å². The molecule has 17 heavy (non-hydrogen) atoms. The second kappa shape index (κ2) is 13.7. The maximum Gasteiger partial charge on any atom is 2.00 e. The molecule has 0 aliphatic heterocycles. The number of carbonyl (C=O) groups excluding carboxylic acids is 2. The molecule has 0 spiro atoms. The van der Waals surface area contributed by atoms with E-state index in [-0.39, 0.29) is 48.1 Å². The first-order valence-corrected chi connectivity index (χ1v) is 4.78. The Balaban J connectivity index is -0.000000218. The maximum absolute atomic E-state index is 9.78. The Morgan fingerprint density at radius 3 is 1.24 bits per heavy atom. The molecule has 0 amide bonds. The first kappa shape index (κ1) is 21.9. The van der Waals surface area contributed by atoms with Crippen molar-refractivity contribution in [1.29, 1.82) is 0 Å². The third-order valence-corrected chi connectivity index (χ3v) is 1.71. The van der Waals surface area contributed by atoms with Gasteiger partial charge in [0.05, 0.1) is 12.2 Å². The fourth-order valence-corrected chi connectivity index (χ4v) is 0.636. The zero-order valence-electron chi connectivity index (χ0n) is 10.7. The number of hydrogen-bond donors (Lipinski definition) is 0. The third kappa shape index (κ3) is 21.5. The van der Waals surface area contributed by atoms with Gasteiger partial charge in [-0.05, 0) is 13.8 Å². The van der Waals surface area contributed by atoms with Gasteiger partial charge in [0.1, 0.15) is 0 Å². The molecular formula is C10H18MgO6. The summed E-state index contributed by atoms with van der Waals surface area (Å²) in [4.78, 5) is 19.6. The Morgan fingerprint density at radius 1 is 0.941 bits per heavy atom. The second-order valence-electron chi connectivity index (χ2n) is 3.24. The van der Waals surface area contributed by atoms with Gasteiger partial charge in [-0.1, -0.05) is 0 Å². The summed E-state index contributed by atoms with van der Waals surface area (Å²) >= 11 is 0. The number of methoxy groups -OCH3 is 2. The van der Waals surface area contributed by atoms with E-state index in [1.165, 1.54) is 14.2 Å². The van der Waals surface area contributed by atoms with Crippen molar-refractivity contribution in [1.82, 2.24) is 0 Å². The van der Waals surface area contributed by atoms with Crippen LogP contribution in [0.4, 0.5) is 0 Å². The Hall–Kier alpha value is -0.374. The molecule has 0 saturated carbocycles. The van der Waals surface area contributed by atoms with E-state index >= 15 is 0 Å². The van der Waals surface area contributed by atoms with Crippen LogP contribution >= 0.6 is 0 Å². The molecule has 0 aromatic carbocycles. The van der Waals surface area contributed by atoms with E-state index in [0.717, 1.165) is 0 Å². The van der Waals surface area contributed by atoms with E-state index in [4.69, 9.17) is 0 Å². The van der Waals surface area contributed by atoms with Gasteiger partial charge in [-0.15, -0.1) is 0 Å². The summed E-state index contributed by atoms with van der Waals surface area (Å²) < 4.78 is 9.28. The van der Waals surface area contributed by atoms with Crippen LogP contribution in [0, 0.1) is 0 Å². The van der Waals surface area contributed by atoms with Crippen molar-refractivity contribution in [3.8, 4) is 0 Å². The second-order valence-corrected chi connectivity index (χ2v) is 3.24. The van der Waals surface area contributed by atoms with Crippen LogP contribution in [-0.4, -0.2) is 61.4 Å². The summed E-state index contributed by atoms with van der Waals surface area (Å²) in [5.41, 5.74) is 0. The number of carbonyl (C=O) groups is 2. The van der Waals surface area contributed by atoms with Gasteiger partial charge in [-0.3, -0.25) is 0 Å². The summed E-state index contributed by atoms with van der Waals surface area (Å²) in [6, 6.07) is 0.